The Balaban J connectivity index is 2.20. The van der Waals surface area contributed by atoms with Gasteiger partial charge in [0.2, 0.25) is 0 Å². The van der Waals surface area contributed by atoms with Gasteiger partial charge in [-0.15, -0.1) is 0 Å². The normalized spacial score (nSPS) is 10.1. The highest BCUT2D eigenvalue weighted by atomic mass is 19.4. The number of benzene rings is 2. The lowest BCUT2D eigenvalue weighted by Crippen LogP contribution is -2.04. The molecule has 0 bridgehead atoms. The van der Waals surface area contributed by atoms with Crippen molar-refractivity contribution in [2.24, 2.45) is 0 Å². The van der Waals surface area contributed by atoms with E-state index in [1.165, 1.54) is 12.1 Å². The first-order valence-electron chi connectivity index (χ1n) is 7.46. The summed E-state index contributed by atoms with van der Waals surface area (Å²) in [4.78, 5) is 0. The third-order valence-corrected chi connectivity index (χ3v) is 3.46. The molecule has 8 heteroatoms. The van der Waals surface area contributed by atoms with Gasteiger partial charge in [0.05, 0.1) is 5.56 Å². The zero-order valence-electron chi connectivity index (χ0n) is 13.9. The van der Waals surface area contributed by atoms with Crippen LogP contribution in [0.15, 0.2) is 53.7 Å². The van der Waals surface area contributed by atoms with Crippen LogP contribution in [0.3, 0.4) is 0 Å². The van der Waals surface area contributed by atoms with Crippen molar-refractivity contribution < 1.29 is 17.9 Å². The van der Waals surface area contributed by atoms with Crippen molar-refractivity contribution in [3.05, 3.63) is 64.9 Å². The third kappa shape index (κ3) is 4.78. The van der Waals surface area contributed by atoms with Crippen LogP contribution in [0.4, 0.5) is 18.9 Å². The molecule has 2 rings (SSSR count). The van der Waals surface area contributed by atoms with Gasteiger partial charge in [0.15, 0.2) is 5.57 Å². The van der Waals surface area contributed by atoms with E-state index in [-0.39, 0.29) is 17.0 Å². The van der Waals surface area contributed by atoms with E-state index in [9.17, 15) is 13.2 Å². The Hall–Kier alpha value is -3.96. The van der Waals surface area contributed by atoms with E-state index in [2.05, 4.69) is 5.32 Å². The SMILES string of the molecule is Cc1cc(Oc2ccc(C(F)(F)F)cc2)ccc1NC(C#N)=C(C#N)C#N. The first kappa shape index (κ1) is 19.4. The molecule has 0 heterocycles. The van der Waals surface area contributed by atoms with Crippen LogP contribution in [-0.4, -0.2) is 0 Å². The van der Waals surface area contributed by atoms with Gasteiger partial charge in [-0.25, -0.2) is 0 Å². The van der Waals surface area contributed by atoms with E-state index < -0.39 is 11.7 Å². The Bertz CT molecular complexity index is 988. The second-order valence-corrected chi connectivity index (χ2v) is 5.31. The maximum atomic E-state index is 12.6. The van der Waals surface area contributed by atoms with Crippen molar-refractivity contribution >= 4 is 5.69 Å². The lowest BCUT2D eigenvalue weighted by atomic mass is 10.1. The Morgan fingerprint density at radius 3 is 2.00 bits per heavy atom. The number of halogens is 3. The number of anilines is 1. The Morgan fingerprint density at radius 1 is 0.926 bits per heavy atom. The first-order valence-corrected chi connectivity index (χ1v) is 7.46. The molecule has 0 aliphatic rings. The molecule has 2 aromatic carbocycles. The molecule has 0 saturated heterocycles. The molecule has 0 amide bonds. The number of nitriles is 3. The van der Waals surface area contributed by atoms with Crippen LogP contribution in [0.25, 0.3) is 0 Å². The van der Waals surface area contributed by atoms with Crippen LogP contribution in [0.2, 0.25) is 0 Å². The highest BCUT2D eigenvalue weighted by Gasteiger charge is 2.30. The van der Waals surface area contributed by atoms with Gasteiger partial charge in [0.25, 0.3) is 0 Å². The van der Waals surface area contributed by atoms with Gasteiger partial charge >= 0.3 is 6.18 Å². The van der Waals surface area contributed by atoms with Crippen LogP contribution in [0.5, 0.6) is 11.5 Å². The molecule has 0 spiro atoms. The molecule has 0 aliphatic carbocycles. The number of rotatable bonds is 4. The molecule has 0 atom stereocenters. The van der Waals surface area contributed by atoms with Gasteiger partial charge in [-0.1, -0.05) is 0 Å². The van der Waals surface area contributed by atoms with Crippen LogP contribution in [-0.2, 0) is 6.18 Å². The monoisotopic (exact) mass is 368 g/mol. The average molecular weight is 368 g/mol. The summed E-state index contributed by atoms with van der Waals surface area (Å²) < 4.78 is 43.2. The molecule has 0 aromatic heterocycles. The summed E-state index contributed by atoms with van der Waals surface area (Å²) in [7, 11) is 0. The molecule has 0 fully saturated rings. The van der Waals surface area contributed by atoms with Crippen molar-refractivity contribution in [3.8, 4) is 29.7 Å². The lowest BCUT2D eigenvalue weighted by molar-refractivity contribution is -0.137. The Labute approximate surface area is 153 Å². The number of hydrogen-bond donors (Lipinski definition) is 1. The van der Waals surface area contributed by atoms with E-state index in [0.29, 0.717) is 17.0 Å². The second-order valence-electron chi connectivity index (χ2n) is 5.31. The molecule has 0 radical (unpaired) electrons. The highest BCUT2D eigenvalue weighted by Crippen LogP contribution is 2.32. The molecule has 0 saturated carbocycles. The van der Waals surface area contributed by atoms with E-state index in [1.807, 2.05) is 0 Å². The van der Waals surface area contributed by atoms with Crippen molar-refractivity contribution in [3.63, 3.8) is 0 Å². The quantitative estimate of drug-likeness (QED) is 0.763. The standard InChI is InChI=1S/C19H11F3N4O/c1-12-8-16(27-15-4-2-14(3-5-15)19(20,21)22)6-7-17(12)26-18(11-25)13(9-23)10-24/h2-8,26H,1H3. The molecule has 5 nitrogen and oxygen atoms in total. The summed E-state index contributed by atoms with van der Waals surface area (Å²) in [6.45, 7) is 1.70. The largest absolute Gasteiger partial charge is 0.457 e. The first-order chi connectivity index (χ1) is 12.8. The summed E-state index contributed by atoms with van der Waals surface area (Å²) >= 11 is 0. The van der Waals surface area contributed by atoms with Crippen molar-refractivity contribution in [2.45, 2.75) is 13.1 Å². The predicted molar refractivity (Wildman–Crippen MR) is 90.2 cm³/mol. The number of nitrogens with one attached hydrogen (secondary N) is 1. The minimum absolute atomic E-state index is 0.181. The summed E-state index contributed by atoms with van der Waals surface area (Å²) in [6, 6.07) is 14.0. The third-order valence-electron chi connectivity index (χ3n) is 3.46. The minimum Gasteiger partial charge on any atom is -0.457 e. The number of ether oxygens (including phenoxy) is 1. The fraction of sp³-hybridized carbons (Fsp3) is 0.105. The maximum Gasteiger partial charge on any atom is 0.416 e. The fourth-order valence-corrected chi connectivity index (χ4v) is 2.11. The van der Waals surface area contributed by atoms with Crippen molar-refractivity contribution in [1.29, 1.82) is 15.8 Å². The summed E-state index contributed by atoms with van der Waals surface area (Å²) in [5.74, 6) is 0.609. The zero-order valence-corrected chi connectivity index (χ0v) is 13.9. The summed E-state index contributed by atoms with van der Waals surface area (Å²) in [5, 5.41) is 29.5. The lowest BCUT2D eigenvalue weighted by Gasteiger charge is -2.12. The second kappa shape index (κ2) is 7.95. The number of aryl methyl sites for hydroxylation is 1. The summed E-state index contributed by atoms with van der Waals surface area (Å²) in [5.41, 5.74) is -0.176. The van der Waals surface area contributed by atoms with Crippen molar-refractivity contribution in [1.82, 2.24) is 0 Å². The van der Waals surface area contributed by atoms with E-state index in [4.69, 9.17) is 20.5 Å². The van der Waals surface area contributed by atoms with Gasteiger partial charge in [0, 0.05) is 5.69 Å². The van der Waals surface area contributed by atoms with Gasteiger partial charge < -0.3 is 10.1 Å². The molecule has 0 aliphatic heterocycles. The number of alkyl halides is 3. The van der Waals surface area contributed by atoms with Gasteiger partial charge in [0.1, 0.15) is 35.4 Å². The van der Waals surface area contributed by atoms with Crippen LogP contribution < -0.4 is 10.1 Å². The van der Waals surface area contributed by atoms with Crippen molar-refractivity contribution in [2.75, 3.05) is 5.32 Å². The molecular weight excluding hydrogens is 357 g/mol. The van der Waals surface area contributed by atoms with E-state index >= 15 is 0 Å². The predicted octanol–water partition coefficient (Wildman–Crippen LogP) is 5.04. The molecule has 1 N–H and O–H groups in total. The van der Waals surface area contributed by atoms with Crippen LogP contribution in [0.1, 0.15) is 11.1 Å². The topological polar surface area (TPSA) is 92.6 Å². The molecule has 27 heavy (non-hydrogen) atoms. The average Bonchev–Trinajstić information content (AvgIpc) is 2.63. The van der Waals surface area contributed by atoms with Crippen LogP contribution >= 0.6 is 0 Å². The molecular formula is C19H11F3N4O. The zero-order chi connectivity index (χ0) is 20.0. The van der Waals surface area contributed by atoms with Crippen LogP contribution in [0, 0.1) is 40.9 Å². The number of nitrogens with zero attached hydrogens (tertiary/aromatic N) is 3. The summed E-state index contributed by atoms with van der Waals surface area (Å²) in [6.07, 6.45) is -4.42. The van der Waals surface area contributed by atoms with Gasteiger partial charge in [-0.05, 0) is 55.0 Å². The van der Waals surface area contributed by atoms with Gasteiger partial charge in [-0.3, -0.25) is 0 Å². The number of hydrogen-bond acceptors (Lipinski definition) is 5. The molecule has 0 unspecified atom stereocenters. The minimum atomic E-state index is -4.42. The number of allylic oxidation sites excluding steroid dienone is 2. The Kier molecular flexibility index (Phi) is 5.70. The van der Waals surface area contributed by atoms with Gasteiger partial charge in [-0.2, -0.15) is 29.0 Å². The molecule has 134 valence electrons. The smallest absolute Gasteiger partial charge is 0.416 e. The maximum absolute atomic E-state index is 12.6. The van der Waals surface area contributed by atoms with E-state index in [0.717, 1.165) is 12.1 Å². The van der Waals surface area contributed by atoms with E-state index in [1.54, 1.807) is 43.3 Å². The Morgan fingerprint density at radius 2 is 1.52 bits per heavy atom. The highest BCUT2D eigenvalue weighted by molar-refractivity contribution is 5.62. The fourth-order valence-electron chi connectivity index (χ4n) is 2.11. The molecule has 2 aromatic rings.